The topological polar surface area (TPSA) is 164 Å². The second kappa shape index (κ2) is 27.0. The van der Waals surface area contributed by atoms with Gasteiger partial charge in [0.2, 0.25) is 0 Å². The number of ether oxygens (including phenoxy) is 5. The minimum Gasteiger partial charge on any atom is -0.465 e. The van der Waals surface area contributed by atoms with E-state index in [4.69, 9.17) is 28.8 Å². The number of unbranched alkanes of at least 4 members (excludes halogenated alkanes) is 9. The summed E-state index contributed by atoms with van der Waals surface area (Å²) in [6, 6.07) is 0. The van der Waals surface area contributed by atoms with Crippen LogP contribution < -0.4 is 5.32 Å². The van der Waals surface area contributed by atoms with Crippen LogP contribution in [-0.4, -0.2) is 81.3 Å². The van der Waals surface area contributed by atoms with Gasteiger partial charge in [0, 0.05) is 6.08 Å². The molecule has 0 saturated carbocycles. The summed E-state index contributed by atoms with van der Waals surface area (Å²) < 4.78 is 25.7. The maximum Gasteiger partial charge on any atom is 0.407 e. The van der Waals surface area contributed by atoms with Gasteiger partial charge in [0.05, 0.1) is 37.0 Å². The molecule has 3 atom stereocenters. The van der Waals surface area contributed by atoms with Gasteiger partial charge in [-0.3, -0.25) is 14.4 Å². The van der Waals surface area contributed by atoms with Gasteiger partial charge in [-0.05, 0) is 32.6 Å². The summed E-state index contributed by atoms with van der Waals surface area (Å²) in [7, 11) is 0. The van der Waals surface area contributed by atoms with E-state index < -0.39 is 47.2 Å². The Kier molecular flexibility index (Phi) is 25.2. The van der Waals surface area contributed by atoms with Gasteiger partial charge in [0.15, 0.2) is 0 Å². The maximum atomic E-state index is 13.2. The summed E-state index contributed by atoms with van der Waals surface area (Å²) in [4.78, 5) is 61.5. The van der Waals surface area contributed by atoms with Crippen LogP contribution in [-0.2, 0) is 42.9 Å². The van der Waals surface area contributed by atoms with Crippen molar-refractivity contribution < 1.29 is 52.8 Å². The minimum atomic E-state index is -1.07. The molecule has 1 amide bonds. The fourth-order valence-electron chi connectivity index (χ4n) is 4.73. The number of alkyl carbamates (subject to hydrolysis) is 1. The number of hydrogen-bond donors (Lipinski definition) is 2. The van der Waals surface area contributed by atoms with Crippen molar-refractivity contribution in [1.29, 1.82) is 0 Å². The SMILES string of the molecule is C=CC(=O)OCCNC(=O)OCCOC(=O)C(CC(C)C(=O)OCCCCCCCCCCCC)CC(C)(CC)C(=O)OCCO. The molecule has 0 aliphatic rings. The van der Waals surface area contributed by atoms with Crippen molar-refractivity contribution >= 4 is 30.0 Å². The van der Waals surface area contributed by atoms with E-state index in [1.807, 2.05) is 0 Å². The van der Waals surface area contributed by atoms with Crippen LogP contribution >= 0.6 is 0 Å². The van der Waals surface area contributed by atoms with Crippen molar-refractivity contribution in [1.82, 2.24) is 5.32 Å². The Bertz CT molecular complexity index is 894. The van der Waals surface area contributed by atoms with Crippen LogP contribution in [0.25, 0.3) is 0 Å². The predicted molar refractivity (Wildman–Crippen MR) is 173 cm³/mol. The fraction of sp³-hybridized carbons (Fsp3) is 0.794. The molecule has 0 aliphatic heterocycles. The fourth-order valence-corrected chi connectivity index (χ4v) is 4.73. The van der Waals surface area contributed by atoms with E-state index in [1.54, 1.807) is 20.8 Å². The molecule has 266 valence electrons. The van der Waals surface area contributed by atoms with Gasteiger partial charge in [-0.1, -0.05) is 85.1 Å². The number of carbonyl (C=O) groups excluding carboxylic acids is 5. The van der Waals surface area contributed by atoms with E-state index >= 15 is 0 Å². The number of carbonyl (C=O) groups is 5. The Morgan fingerprint density at radius 1 is 0.761 bits per heavy atom. The number of rotatable bonds is 28. The van der Waals surface area contributed by atoms with E-state index in [-0.39, 0.29) is 52.4 Å². The van der Waals surface area contributed by atoms with Crippen molar-refractivity contribution in [2.45, 2.75) is 111 Å². The highest BCUT2D eigenvalue weighted by Gasteiger charge is 2.39. The molecule has 3 unspecified atom stereocenters. The molecule has 12 heteroatoms. The molecule has 0 saturated heterocycles. The zero-order valence-corrected chi connectivity index (χ0v) is 28.6. The molecule has 2 N–H and O–H groups in total. The van der Waals surface area contributed by atoms with E-state index in [2.05, 4.69) is 18.8 Å². The number of nitrogens with one attached hydrogen (secondary N) is 1. The van der Waals surface area contributed by atoms with Crippen LogP contribution in [0, 0.1) is 17.3 Å². The van der Waals surface area contributed by atoms with Crippen molar-refractivity contribution in [2.75, 3.05) is 46.2 Å². The van der Waals surface area contributed by atoms with Gasteiger partial charge in [0.25, 0.3) is 0 Å². The van der Waals surface area contributed by atoms with E-state index in [1.165, 1.54) is 44.9 Å². The zero-order valence-electron chi connectivity index (χ0n) is 28.6. The lowest BCUT2D eigenvalue weighted by atomic mass is 9.76. The Morgan fingerprint density at radius 2 is 1.35 bits per heavy atom. The molecule has 0 aromatic rings. The summed E-state index contributed by atoms with van der Waals surface area (Å²) in [5, 5.41) is 11.5. The van der Waals surface area contributed by atoms with Crippen LogP contribution in [0.5, 0.6) is 0 Å². The predicted octanol–water partition coefficient (Wildman–Crippen LogP) is 5.43. The van der Waals surface area contributed by atoms with Crippen LogP contribution in [0.3, 0.4) is 0 Å². The van der Waals surface area contributed by atoms with Gasteiger partial charge in [-0.2, -0.15) is 0 Å². The highest BCUT2D eigenvalue weighted by Crippen LogP contribution is 2.35. The Labute approximate surface area is 275 Å². The van der Waals surface area contributed by atoms with Crippen molar-refractivity contribution in [3.05, 3.63) is 12.7 Å². The molecule has 0 heterocycles. The Morgan fingerprint density at radius 3 is 1.93 bits per heavy atom. The van der Waals surface area contributed by atoms with Crippen LogP contribution in [0.1, 0.15) is 111 Å². The van der Waals surface area contributed by atoms with Crippen molar-refractivity contribution in [3.63, 3.8) is 0 Å². The monoisotopic (exact) mass is 657 g/mol. The van der Waals surface area contributed by atoms with E-state index in [9.17, 15) is 24.0 Å². The van der Waals surface area contributed by atoms with Gasteiger partial charge < -0.3 is 34.1 Å². The lowest BCUT2D eigenvalue weighted by Gasteiger charge is -2.30. The number of aliphatic hydroxyl groups excluding tert-OH is 1. The summed E-state index contributed by atoms with van der Waals surface area (Å²) in [5.41, 5.74) is -1.07. The average Bonchev–Trinajstić information content (AvgIpc) is 3.05. The third-order valence-corrected chi connectivity index (χ3v) is 7.75. The molecule has 0 spiro atoms. The van der Waals surface area contributed by atoms with Gasteiger partial charge in [-0.15, -0.1) is 0 Å². The molecule has 0 rings (SSSR count). The molecule has 12 nitrogen and oxygen atoms in total. The normalized spacial score (nSPS) is 13.4. The first-order valence-electron chi connectivity index (χ1n) is 16.9. The standard InChI is InChI=1S/C34H59NO11/c1-6-9-10-11-12-13-14-15-16-17-20-43-30(38)27(4)25-28(26-34(5,8-3)32(40)45-22-19-36)31(39)44-23-24-46-33(41)35-18-21-42-29(37)7-2/h7,27-28,36H,2,6,8-26H2,1,3-5H3,(H,35,41). The molecule has 0 aromatic carbocycles. The smallest absolute Gasteiger partial charge is 0.407 e. The summed E-state index contributed by atoms with van der Waals surface area (Å²) >= 11 is 0. The summed E-state index contributed by atoms with van der Waals surface area (Å²) in [6.45, 7) is 9.91. The largest absolute Gasteiger partial charge is 0.465 e. The molecule has 46 heavy (non-hydrogen) atoms. The molecular formula is C34H59NO11. The number of hydrogen-bond acceptors (Lipinski definition) is 11. The van der Waals surface area contributed by atoms with Crippen LogP contribution in [0.4, 0.5) is 4.79 Å². The summed E-state index contributed by atoms with van der Waals surface area (Å²) in [6.07, 6.45) is 12.4. The first-order valence-corrected chi connectivity index (χ1v) is 16.9. The van der Waals surface area contributed by atoms with Crippen LogP contribution in [0.2, 0.25) is 0 Å². The molecule has 0 fully saturated rings. The summed E-state index contributed by atoms with van der Waals surface area (Å²) in [5.74, 6) is -3.73. The first-order chi connectivity index (χ1) is 22.0. The highest BCUT2D eigenvalue weighted by molar-refractivity contribution is 5.81. The minimum absolute atomic E-state index is 0.0233. The lowest BCUT2D eigenvalue weighted by Crippen LogP contribution is -2.36. The molecular weight excluding hydrogens is 598 g/mol. The third-order valence-electron chi connectivity index (χ3n) is 7.75. The van der Waals surface area contributed by atoms with E-state index in [0.717, 1.165) is 25.3 Å². The first kappa shape index (κ1) is 42.9. The maximum absolute atomic E-state index is 13.2. The molecule has 0 bridgehead atoms. The van der Waals surface area contributed by atoms with Crippen molar-refractivity contribution in [3.8, 4) is 0 Å². The van der Waals surface area contributed by atoms with Gasteiger partial charge in [-0.25, -0.2) is 9.59 Å². The van der Waals surface area contributed by atoms with Crippen LogP contribution in [0.15, 0.2) is 12.7 Å². The van der Waals surface area contributed by atoms with Gasteiger partial charge >= 0.3 is 30.0 Å². The second-order valence-corrected chi connectivity index (χ2v) is 11.8. The number of amides is 1. The second-order valence-electron chi connectivity index (χ2n) is 11.8. The van der Waals surface area contributed by atoms with Crippen molar-refractivity contribution in [2.24, 2.45) is 17.3 Å². The Hall–Kier alpha value is -3.15. The number of aliphatic hydroxyl groups is 1. The highest BCUT2D eigenvalue weighted by atomic mass is 16.6. The lowest BCUT2D eigenvalue weighted by molar-refractivity contribution is -0.161. The molecule has 0 radical (unpaired) electrons. The third kappa shape index (κ3) is 20.8. The van der Waals surface area contributed by atoms with E-state index in [0.29, 0.717) is 13.0 Å². The number of esters is 4. The zero-order chi connectivity index (χ0) is 34.6. The molecule has 0 aromatic heterocycles. The average molecular weight is 658 g/mol. The molecule has 0 aliphatic carbocycles. The Balaban J connectivity index is 4.89. The van der Waals surface area contributed by atoms with Gasteiger partial charge in [0.1, 0.15) is 26.4 Å². The quantitative estimate of drug-likeness (QED) is 0.0477.